The number of carbonyl (C=O) groups excluding carboxylic acids is 1. The van der Waals surface area contributed by atoms with Gasteiger partial charge in [0, 0.05) is 15.5 Å². The van der Waals surface area contributed by atoms with Crippen molar-refractivity contribution >= 4 is 29.5 Å². The van der Waals surface area contributed by atoms with Gasteiger partial charge in [0.2, 0.25) is 0 Å². The summed E-state index contributed by atoms with van der Waals surface area (Å²) in [7, 11) is 1.41. The molecule has 0 unspecified atom stereocenters. The number of carbonyl (C=O) groups is 1. The van der Waals surface area contributed by atoms with Crippen LogP contribution in [0, 0.1) is 0 Å². The van der Waals surface area contributed by atoms with Crippen LogP contribution in [-0.4, -0.2) is 19.3 Å². The first-order valence-corrected chi connectivity index (χ1v) is 8.39. The van der Waals surface area contributed by atoms with Gasteiger partial charge in [-0.05, 0) is 30.0 Å². The van der Waals surface area contributed by atoms with Crippen LogP contribution in [0.25, 0.3) is 0 Å². The summed E-state index contributed by atoms with van der Waals surface area (Å²) in [6.45, 7) is 0. The molecule has 4 heteroatoms. The maximum absolute atomic E-state index is 11.7. The first-order valence-electron chi connectivity index (χ1n) is 6.18. The first-order chi connectivity index (χ1) is 9.76. The number of esters is 1. The van der Waals surface area contributed by atoms with Gasteiger partial charge in [0.05, 0.1) is 12.7 Å². The number of benzene rings is 2. The zero-order valence-corrected chi connectivity index (χ0v) is 13.1. The first kappa shape index (κ1) is 15.0. The highest BCUT2D eigenvalue weighted by Gasteiger charge is 2.11. The monoisotopic (exact) mass is 304 g/mol. The molecular weight excluding hydrogens is 288 g/mol. The quantitative estimate of drug-likeness (QED) is 0.600. The van der Waals surface area contributed by atoms with E-state index in [1.807, 2.05) is 30.3 Å². The fourth-order valence-corrected chi connectivity index (χ4v) is 3.60. The van der Waals surface area contributed by atoms with Crippen LogP contribution in [0.5, 0.6) is 0 Å². The standard InChI is InChI=1S/C16H16O2S2/c1-18-16(17)13-8-4-6-10-15(13)20-11-12-7-3-5-9-14(12)19-2/h3-10H,11H2,1-2H3. The van der Waals surface area contributed by atoms with Crippen LogP contribution in [0.3, 0.4) is 0 Å². The Kier molecular flexibility index (Phi) is 5.56. The van der Waals surface area contributed by atoms with E-state index in [9.17, 15) is 4.79 Å². The highest BCUT2D eigenvalue weighted by Crippen LogP contribution is 2.30. The van der Waals surface area contributed by atoms with Crippen molar-refractivity contribution < 1.29 is 9.53 Å². The molecule has 0 aliphatic heterocycles. The van der Waals surface area contributed by atoms with Gasteiger partial charge in [-0.25, -0.2) is 4.79 Å². The number of ether oxygens (including phenoxy) is 1. The normalized spacial score (nSPS) is 10.3. The van der Waals surface area contributed by atoms with Gasteiger partial charge >= 0.3 is 5.97 Å². The molecule has 0 radical (unpaired) electrons. The molecule has 0 saturated carbocycles. The van der Waals surface area contributed by atoms with E-state index in [1.54, 1.807) is 29.6 Å². The Hall–Kier alpha value is -1.39. The highest BCUT2D eigenvalue weighted by atomic mass is 32.2. The van der Waals surface area contributed by atoms with Crippen molar-refractivity contribution in [3.8, 4) is 0 Å². The van der Waals surface area contributed by atoms with Crippen LogP contribution < -0.4 is 0 Å². The number of methoxy groups -OCH3 is 1. The van der Waals surface area contributed by atoms with Gasteiger partial charge in [-0.2, -0.15) is 0 Å². The fourth-order valence-electron chi connectivity index (χ4n) is 1.85. The van der Waals surface area contributed by atoms with E-state index in [1.165, 1.54) is 17.6 Å². The van der Waals surface area contributed by atoms with Gasteiger partial charge in [0.25, 0.3) is 0 Å². The van der Waals surface area contributed by atoms with Crippen LogP contribution in [-0.2, 0) is 10.5 Å². The molecule has 0 N–H and O–H groups in total. The summed E-state index contributed by atoms with van der Waals surface area (Å²) in [5.41, 5.74) is 1.91. The Balaban J connectivity index is 2.17. The van der Waals surface area contributed by atoms with Crippen molar-refractivity contribution in [3.05, 3.63) is 59.7 Å². The topological polar surface area (TPSA) is 26.3 Å². The number of rotatable bonds is 5. The van der Waals surface area contributed by atoms with E-state index in [4.69, 9.17) is 4.74 Å². The van der Waals surface area contributed by atoms with Crippen molar-refractivity contribution in [2.75, 3.05) is 13.4 Å². The van der Waals surface area contributed by atoms with Gasteiger partial charge in [-0.1, -0.05) is 30.3 Å². The van der Waals surface area contributed by atoms with Crippen molar-refractivity contribution in [2.45, 2.75) is 15.5 Å². The molecule has 0 aliphatic carbocycles. The lowest BCUT2D eigenvalue weighted by molar-refractivity contribution is 0.0597. The minimum Gasteiger partial charge on any atom is -0.465 e. The maximum atomic E-state index is 11.7. The number of hydrogen-bond donors (Lipinski definition) is 0. The summed E-state index contributed by atoms with van der Waals surface area (Å²) in [5.74, 6) is 0.552. The SMILES string of the molecule is COC(=O)c1ccccc1SCc1ccccc1SC. The molecule has 20 heavy (non-hydrogen) atoms. The molecule has 0 aliphatic rings. The number of thioether (sulfide) groups is 2. The largest absolute Gasteiger partial charge is 0.465 e. The predicted octanol–water partition coefficient (Wildman–Crippen LogP) is 4.49. The number of hydrogen-bond acceptors (Lipinski definition) is 4. The molecular formula is C16H16O2S2. The van der Waals surface area contributed by atoms with Crippen molar-refractivity contribution in [3.63, 3.8) is 0 Å². The smallest absolute Gasteiger partial charge is 0.338 e. The van der Waals surface area contributed by atoms with E-state index >= 15 is 0 Å². The summed E-state index contributed by atoms with van der Waals surface area (Å²) in [6.07, 6.45) is 2.08. The maximum Gasteiger partial charge on any atom is 0.338 e. The summed E-state index contributed by atoms with van der Waals surface area (Å²) < 4.78 is 4.82. The lowest BCUT2D eigenvalue weighted by atomic mass is 10.2. The Morgan fingerprint density at radius 3 is 2.40 bits per heavy atom. The summed E-state index contributed by atoms with van der Waals surface area (Å²) in [5, 5.41) is 0. The summed E-state index contributed by atoms with van der Waals surface area (Å²) in [4.78, 5) is 14.0. The molecule has 0 spiro atoms. The molecule has 0 amide bonds. The lowest BCUT2D eigenvalue weighted by Crippen LogP contribution is -2.02. The molecule has 0 atom stereocenters. The molecule has 2 aromatic carbocycles. The second-order valence-electron chi connectivity index (χ2n) is 4.09. The summed E-state index contributed by atoms with van der Waals surface area (Å²) >= 11 is 3.40. The van der Waals surface area contributed by atoms with E-state index in [-0.39, 0.29) is 5.97 Å². The molecule has 0 fully saturated rings. The van der Waals surface area contributed by atoms with Crippen LogP contribution >= 0.6 is 23.5 Å². The molecule has 104 valence electrons. The van der Waals surface area contributed by atoms with Gasteiger partial charge < -0.3 is 4.74 Å². The fraction of sp³-hybridized carbons (Fsp3) is 0.188. The average molecular weight is 304 g/mol. The molecule has 0 aromatic heterocycles. The van der Waals surface area contributed by atoms with E-state index in [0.29, 0.717) is 5.56 Å². The van der Waals surface area contributed by atoms with Crippen molar-refractivity contribution in [2.24, 2.45) is 0 Å². The molecule has 2 aromatic rings. The highest BCUT2D eigenvalue weighted by molar-refractivity contribution is 7.99. The Bertz CT molecular complexity index is 597. The Labute approximate surface area is 127 Å². The lowest BCUT2D eigenvalue weighted by Gasteiger charge is -2.09. The zero-order chi connectivity index (χ0) is 14.4. The second-order valence-corrected chi connectivity index (χ2v) is 5.95. The van der Waals surface area contributed by atoms with Gasteiger partial charge in [-0.15, -0.1) is 23.5 Å². The van der Waals surface area contributed by atoms with Crippen molar-refractivity contribution in [1.82, 2.24) is 0 Å². The van der Waals surface area contributed by atoms with Crippen LogP contribution in [0.15, 0.2) is 58.3 Å². The summed E-state index contributed by atoms with van der Waals surface area (Å²) in [6, 6.07) is 15.9. The van der Waals surface area contributed by atoms with Crippen LogP contribution in [0.2, 0.25) is 0 Å². The second kappa shape index (κ2) is 7.41. The third-order valence-electron chi connectivity index (χ3n) is 2.87. The molecule has 0 bridgehead atoms. The minimum atomic E-state index is -0.286. The van der Waals surface area contributed by atoms with Crippen LogP contribution in [0.1, 0.15) is 15.9 Å². The van der Waals surface area contributed by atoms with E-state index < -0.39 is 0 Å². The van der Waals surface area contributed by atoms with Gasteiger partial charge in [0.1, 0.15) is 0 Å². The predicted molar refractivity (Wildman–Crippen MR) is 85.6 cm³/mol. The molecule has 2 nitrogen and oxygen atoms in total. The Morgan fingerprint density at radius 2 is 1.70 bits per heavy atom. The molecule has 2 rings (SSSR count). The molecule has 0 heterocycles. The molecule has 0 saturated heterocycles. The average Bonchev–Trinajstić information content (AvgIpc) is 2.52. The Morgan fingerprint density at radius 1 is 1.05 bits per heavy atom. The third kappa shape index (κ3) is 3.58. The van der Waals surface area contributed by atoms with Gasteiger partial charge in [-0.3, -0.25) is 0 Å². The van der Waals surface area contributed by atoms with E-state index in [0.717, 1.165) is 10.6 Å². The zero-order valence-electron chi connectivity index (χ0n) is 11.5. The van der Waals surface area contributed by atoms with E-state index in [2.05, 4.69) is 18.4 Å². The van der Waals surface area contributed by atoms with Crippen molar-refractivity contribution in [1.29, 1.82) is 0 Å². The van der Waals surface area contributed by atoms with Crippen LogP contribution in [0.4, 0.5) is 0 Å². The minimum absolute atomic E-state index is 0.286. The third-order valence-corrected chi connectivity index (χ3v) is 4.83. The van der Waals surface area contributed by atoms with Gasteiger partial charge in [0.15, 0.2) is 0 Å².